The topological polar surface area (TPSA) is 8.81 Å². The first kappa shape index (κ1) is 38.1. The van der Waals surface area contributed by atoms with Crippen molar-refractivity contribution in [3.8, 4) is 0 Å². The third-order valence-electron chi connectivity index (χ3n) is 10.5. The molecule has 0 aliphatic rings. The minimum Gasteiger partial charge on any atom is -0.237 e. The quantitative estimate of drug-likeness (QED) is 0.0559. The number of aryl methyl sites for hydroxylation is 1. The fraction of sp³-hybridized carbons (Fsp3) is 0.659. The molecule has 0 N–H and O–H groups in total. The Bertz CT molecular complexity index is 1100. The van der Waals surface area contributed by atoms with Crippen LogP contribution in [0, 0.1) is 0 Å². The average molecular weight is 628 g/mol. The SMILES string of the molecule is CCCCCCCCCCCCCCCCCC[n+]1ccn(C(CCCCCCC)C(C)(Cc2ccccc2)c2ccccc2)c1. The van der Waals surface area contributed by atoms with Crippen molar-refractivity contribution in [2.24, 2.45) is 0 Å². The maximum Gasteiger partial charge on any atom is 0.244 e. The second-order valence-corrected chi connectivity index (χ2v) is 14.6. The van der Waals surface area contributed by atoms with Crippen LogP contribution in [-0.2, 0) is 18.4 Å². The van der Waals surface area contributed by atoms with Crippen molar-refractivity contribution in [2.75, 3.05) is 0 Å². The lowest BCUT2D eigenvalue weighted by Crippen LogP contribution is -2.38. The highest BCUT2D eigenvalue weighted by molar-refractivity contribution is 5.30. The van der Waals surface area contributed by atoms with Crippen LogP contribution < -0.4 is 4.57 Å². The highest BCUT2D eigenvalue weighted by Crippen LogP contribution is 2.41. The normalized spacial score (nSPS) is 13.5. The number of aromatic nitrogens is 2. The lowest BCUT2D eigenvalue weighted by molar-refractivity contribution is -0.697. The van der Waals surface area contributed by atoms with E-state index in [9.17, 15) is 0 Å². The van der Waals surface area contributed by atoms with E-state index >= 15 is 0 Å². The Labute approximate surface area is 285 Å². The maximum atomic E-state index is 2.57. The molecule has 2 unspecified atom stereocenters. The van der Waals surface area contributed by atoms with Crippen molar-refractivity contribution in [3.05, 3.63) is 90.5 Å². The standard InChI is InChI=1S/C44H71N2/c1-4-6-8-10-11-12-13-14-15-16-17-18-19-20-22-30-36-45-37-38-46(40-45)43(35-29-21-9-7-5-2)44(3,42-33-27-24-28-34-42)39-41-31-25-23-26-32-41/h23-28,31-34,37-38,40,43H,4-22,29-30,35-36,39H2,1-3H3/q+1. The maximum absolute atomic E-state index is 2.57. The summed E-state index contributed by atoms with van der Waals surface area (Å²) < 4.78 is 5.03. The molecule has 2 atom stereocenters. The van der Waals surface area contributed by atoms with Gasteiger partial charge in [0.1, 0.15) is 18.4 Å². The molecule has 1 heterocycles. The summed E-state index contributed by atoms with van der Waals surface area (Å²) in [5, 5.41) is 0. The van der Waals surface area contributed by atoms with Crippen LogP contribution in [0.4, 0.5) is 0 Å². The Morgan fingerprint density at radius 1 is 0.565 bits per heavy atom. The highest BCUT2D eigenvalue weighted by atomic mass is 15.1. The third-order valence-corrected chi connectivity index (χ3v) is 10.5. The number of nitrogens with zero attached hydrogens (tertiary/aromatic N) is 2. The zero-order valence-corrected chi connectivity index (χ0v) is 30.4. The van der Waals surface area contributed by atoms with E-state index in [-0.39, 0.29) is 5.41 Å². The van der Waals surface area contributed by atoms with Crippen molar-refractivity contribution >= 4 is 0 Å². The molecule has 0 radical (unpaired) electrons. The van der Waals surface area contributed by atoms with Gasteiger partial charge in [0.15, 0.2) is 0 Å². The molecule has 2 heteroatoms. The van der Waals surface area contributed by atoms with Gasteiger partial charge in [-0.05, 0) is 43.2 Å². The summed E-state index contributed by atoms with van der Waals surface area (Å²) in [5.74, 6) is 0. The van der Waals surface area contributed by atoms with E-state index in [4.69, 9.17) is 0 Å². The molecule has 0 saturated heterocycles. The summed E-state index contributed by atoms with van der Waals surface area (Å²) in [4.78, 5) is 0. The van der Waals surface area contributed by atoms with Crippen molar-refractivity contribution in [2.45, 2.75) is 186 Å². The minimum absolute atomic E-state index is 0.0124. The monoisotopic (exact) mass is 628 g/mol. The molecule has 0 aliphatic carbocycles. The largest absolute Gasteiger partial charge is 0.244 e. The van der Waals surface area contributed by atoms with Crippen molar-refractivity contribution in [3.63, 3.8) is 0 Å². The number of unbranched alkanes of at least 4 members (excludes halogenated alkanes) is 19. The van der Waals surface area contributed by atoms with Crippen LogP contribution in [0.3, 0.4) is 0 Å². The van der Waals surface area contributed by atoms with Crippen LogP contribution in [-0.4, -0.2) is 4.57 Å². The van der Waals surface area contributed by atoms with Crippen molar-refractivity contribution in [1.82, 2.24) is 4.57 Å². The summed E-state index contributed by atoms with van der Waals surface area (Å²) in [5.41, 5.74) is 2.90. The summed E-state index contributed by atoms with van der Waals surface area (Å²) in [6.45, 7) is 8.27. The molecular formula is C44H71N2+. The molecule has 2 aromatic carbocycles. The van der Waals surface area contributed by atoms with Gasteiger partial charge in [-0.1, -0.05) is 197 Å². The van der Waals surface area contributed by atoms with Gasteiger partial charge in [-0.2, -0.15) is 0 Å². The van der Waals surface area contributed by atoms with E-state index in [1.807, 2.05) is 0 Å². The zero-order valence-electron chi connectivity index (χ0n) is 30.4. The van der Waals surface area contributed by atoms with Gasteiger partial charge in [0.2, 0.25) is 6.33 Å². The van der Waals surface area contributed by atoms with Crippen LogP contribution >= 0.6 is 0 Å². The van der Waals surface area contributed by atoms with Crippen LogP contribution in [0.1, 0.15) is 179 Å². The van der Waals surface area contributed by atoms with E-state index in [1.165, 1.54) is 152 Å². The molecule has 46 heavy (non-hydrogen) atoms. The fourth-order valence-electron chi connectivity index (χ4n) is 7.56. The predicted octanol–water partition coefficient (Wildman–Crippen LogP) is 13.1. The van der Waals surface area contributed by atoms with Crippen molar-refractivity contribution in [1.29, 1.82) is 0 Å². The molecule has 256 valence electrons. The van der Waals surface area contributed by atoms with E-state index in [0.717, 1.165) is 13.0 Å². The van der Waals surface area contributed by atoms with E-state index in [0.29, 0.717) is 6.04 Å². The molecule has 0 spiro atoms. The molecule has 3 aromatic rings. The van der Waals surface area contributed by atoms with E-state index < -0.39 is 0 Å². The van der Waals surface area contributed by atoms with Crippen LogP contribution in [0.15, 0.2) is 79.4 Å². The second-order valence-electron chi connectivity index (χ2n) is 14.6. The predicted molar refractivity (Wildman–Crippen MR) is 201 cm³/mol. The van der Waals surface area contributed by atoms with Gasteiger partial charge in [-0.15, -0.1) is 0 Å². The van der Waals surface area contributed by atoms with Crippen molar-refractivity contribution < 1.29 is 4.57 Å². The Morgan fingerprint density at radius 3 is 1.54 bits per heavy atom. The molecule has 1 aromatic heterocycles. The molecule has 0 saturated carbocycles. The first-order valence-corrected chi connectivity index (χ1v) is 19.8. The molecule has 0 aliphatic heterocycles. The fourth-order valence-corrected chi connectivity index (χ4v) is 7.56. The van der Waals surface area contributed by atoms with E-state index in [1.54, 1.807) is 0 Å². The average Bonchev–Trinajstić information content (AvgIpc) is 3.55. The Balaban J connectivity index is 1.46. The lowest BCUT2D eigenvalue weighted by atomic mass is 9.70. The number of hydrogen-bond acceptors (Lipinski definition) is 0. The molecule has 0 amide bonds. The molecular weight excluding hydrogens is 556 g/mol. The number of benzene rings is 2. The minimum atomic E-state index is 0.0124. The van der Waals surface area contributed by atoms with Gasteiger partial charge >= 0.3 is 0 Å². The summed E-state index contributed by atoms with van der Waals surface area (Å²) in [6, 6.07) is 22.9. The Hall–Kier alpha value is -2.35. The number of rotatable bonds is 28. The van der Waals surface area contributed by atoms with Gasteiger partial charge in [-0.25, -0.2) is 9.13 Å². The third kappa shape index (κ3) is 14.6. The smallest absolute Gasteiger partial charge is 0.237 e. The molecule has 3 rings (SSSR count). The summed E-state index contributed by atoms with van der Waals surface area (Å²) >= 11 is 0. The molecule has 0 fully saturated rings. The first-order valence-electron chi connectivity index (χ1n) is 19.8. The number of hydrogen-bond donors (Lipinski definition) is 0. The lowest BCUT2D eigenvalue weighted by Gasteiger charge is -2.37. The Kier molecular flexibility index (Phi) is 19.8. The van der Waals surface area contributed by atoms with Gasteiger partial charge in [0.25, 0.3) is 0 Å². The van der Waals surface area contributed by atoms with Gasteiger partial charge in [0, 0.05) is 5.41 Å². The summed E-state index contributed by atoms with van der Waals surface area (Å²) in [7, 11) is 0. The van der Waals surface area contributed by atoms with E-state index in [2.05, 4.69) is 109 Å². The zero-order chi connectivity index (χ0) is 32.5. The molecule has 2 nitrogen and oxygen atoms in total. The summed E-state index contributed by atoms with van der Waals surface area (Å²) in [6.07, 6.45) is 38.8. The van der Waals surface area contributed by atoms with Gasteiger partial charge in [0.05, 0.1) is 6.54 Å². The highest BCUT2D eigenvalue weighted by Gasteiger charge is 2.40. The molecule has 0 bridgehead atoms. The Morgan fingerprint density at radius 2 is 1.02 bits per heavy atom. The van der Waals surface area contributed by atoms with Gasteiger partial charge in [-0.3, -0.25) is 0 Å². The first-order chi connectivity index (χ1) is 22.7. The van der Waals surface area contributed by atoms with Crippen LogP contribution in [0.25, 0.3) is 0 Å². The second kappa shape index (κ2) is 23.9. The van der Waals surface area contributed by atoms with Crippen LogP contribution in [0.2, 0.25) is 0 Å². The van der Waals surface area contributed by atoms with Gasteiger partial charge < -0.3 is 0 Å². The van der Waals surface area contributed by atoms with Crippen LogP contribution in [0.5, 0.6) is 0 Å². The number of imidazole rings is 1.